The minimum absolute atomic E-state index is 0.217. The molecule has 0 bridgehead atoms. The van der Waals surface area contributed by atoms with Crippen LogP contribution in [0.15, 0.2) is 48.5 Å². The van der Waals surface area contributed by atoms with E-state index in [1.807, 2.05) is 24.3 Å². The van der Waals surface area contributed by atoms with Crippen LogP contribution in [0.4, 0.5) is 10.5 Å². The summed E-state index contributed by atoms with van der Waals surface area (Å²) >= 11 is 0. The Labute approximate surface area is 149 Å². The summed E-state index contributed by atoms with van der Waals surface area (Å²) in [5, 5.41) is 0. The van der Waals surface area contributed by atoms with Crippen molar-refractivity contribution in [1.29, 1.82) is 0 Å². The summed E-state index contributed by atoms with van der Waals surface area (Å²) in [5.41, 5.74) is 5.05. The lowest BCUT2D eigenvalue weighted by molar-refractivity contribution is 0.141. The van der Waals surface area contributed by atoms with Crippen molar-refractivity contribution in [2.45, 2.75) is 32.4 Å². The van der Waals surface area contributed by atoms with Crippen LogP contribution in [0.2, 0.25) is 0 Å². The zero-order chi connectivity index (χ0) is 17.1. The number of ether oxygens (including phenoxy) is 1. The summed E-state index contributed by atoms with van der Waals surface area (Å²) in [6.07, 6.45) is 3.00. The van der Waals surface area contributed by atoms with Gasteiger partial charge in [-0.15, -0.1) is 0 Å². The average molecular weight is 336 g/mol. The van der Waals surface area contributed by atoms with Crippen LogP contribution in [0.1, 0.15) is 29.5 Å². The van der Waals surface area contributed by atoms with Gasteiger partial charge in [-0.05, 0) is 43.0 Å². The van der Waals surface area contributed by atoms with Crippen LogP contribution in [0.5, 0.6) is 0 Å². The summed E-state index contributed by atoms with van der Waals surface area (Å²) in [6, 6.07) is 16.7. The van der Waals surface area contributed by atoms with E-state index in [0.717, 1.165) is 56.7 Å². The number of nitrogens with zero attached hydrogens (tertiary/aromatic N) is 2. The van der Waals surface area contributed by atoms with E-state index in [9.17, 15) is 4.79 Å². The number of hydrogen-bond donors (Lipinski definition) is 0. The Morgan fingerprint density at radius 1 is 0.880 bits per heavy atom. The second kappa shape index (κ2) is 7.28. The topological polar surface area (TPSA) is 32.8 Å². The van der Waals surface area contributed by atoms with E-state index in [4.69, 9.17) is 4.74 Å². The molecule has 4 heteroatoms. The highest BCUT2D eigenvalue weighted by atomic mass is 16.6. The second-order valence-corrected chi connectivity index (χ2v) is 6.84. The van der Waals surface area contributed by atoms with E-state index in [1.165, 1.54) is 11.1 Å². The van der Waals surface area contributed by atoms with Crippen LogP contribution in [0.3, 0.4) is 0 Å². The zero-order valence-corrected chi connectivity index (χ0v) is 14.5. The average Bonchev–Trinajstić information content (AvgIpc) is 2.66. The molecule has 4 nitrogen and oxygen atoms in total. The largest absolute Gasteiger partial charge is 0.444 e. The predicted octanol–water partition coefficient (Wildman–Crippen LogP) is 3.98. The standard InChI is InChI=1S/C21H24N2O2/c24-21-23(20-10-4-3-9-19(20)16-25-21)13-6-5-12-22-14-11-17-7-1-2-8-18(17)15-22/h1-4,7-10H,5-6,11-16H2. The van der Waals surface area contributed by atoms with Crippen LogP contribution < -0.4 is 4.90 Å². The van der Waals surface area contributed by atoms with Gasteiger partial charge in [0.2, 0.25) is 0 Å². The third-order valence-corrected chi connectivity index (χ3v) is 5.17. The van der Waals surface area contributed by atoms with Crippen molar-refractivity contribution in [3.05, 3.63) is 65.2 Å². The number of anilines is 1. The first-order valence-electron chi connectivity index (χ1n) is 9.12. The van der Waals surface area contributed by atoms with E-state index in [0.29, 0.717) is 6.61 Å². The first-order chi connectivity index (χ1) is 12.3. The number of carbonyl (C=O) groups is 1. The molecule has 130 valence electrons. The molecule has 2 heterocycles. The van der Waals surface area contributed by atoms with Crippen molar-refractivity contribution < 1.29 is 9.53 Å². The zero-order valence-electron chi connectivity index (χ0n) is 14.5. The number of amides is 1. The lowest BCUT2D eigenvalue weighted by atomic mass is 10.00. The molecule has 0 saturated heterocycles. The molecule has 0 fully saturated rings. The van der Waals surface area contributed by atoms with Crippen LogP contribution in [-0.2, 0) is 24.3 Å². The summed E-state index contributed by atoms with van der Waals surface area (Å²) in [6.45, 7) is 4.37. The number of carbonyl (C=O) groups excluding carboxylic acids is 1. The Morgan fingerprint density at radius 2 is 1.60 bits per heavy atom. The van der Waals surface area contributed by atoms with Gasteiger partial charge >= 0.3 is 6.09 Å². The fraction of sp³-hybridized carbons (Fsp3) is 0.381. The Kier molecular flexibility index (Phi) is 4.70. The number of benzene rings is 2. The van der Waals surface area contributed by atoms with E-state index >= 15 is 0 Å². The third-order valence-electron chi connectivity index (χ3n) is 5.17. The maximum absolute atomic E-state index is 12.1. The number of fused-ring (bicyclic) bond motifs is 2. The van der Waals surface area contributed by atoms with Gasteiger partial charge in [-0.1, -0.05) is 42.5 Å². The van der Waals surface area contributed by atoms with E-state index in [2.05, 4.69) is 29.2 Å². The fourth-order valence-electron chi connectivity index (χ4n) is 3.77. The third kappa shape index (κ3) is 3.54. The van der Waals surface area contributed by atoms with Crippen molar-refractivity contribution in [2.75, 3.05) is 24.5 Å². The van der Waals surface area contributed by atoms with Gasteiger partial charge in [0, 0.05) is 25.2 Å². The Bertz CT molecular complexity index is 759. The van der Waals surface area contributed by atoms with Crippen molar-refractivity contribution in [2.24, 2.45) is 0 Å². The number of rotatable bonds is 5. The first kappa shape index (κ1) is 16.2. The Morgan fingerprint density at radius 3 is 2.48 bits per heavy atom. The van der Waals surface area contributed by atoms with E-state index < -0.39 is 0 Å². The molecular weight excluding hydrogens is 312 g/mol. The van der Waals surface area contributed by atoms with Crippen molar-refractivity contribution in [3.63, 3.8) is 0 Å². The maximum atomic E-state index is 12.1. The first-order valence-corrected chi connectivity index (χ1v) is 9.12. The van der Waals surface area contributed by atoms with Gasteiger partial charge in [0.25, 0.3) is 0 Å². The quantitative estimate of drug-likeness (QED) is 0.774. The molecule has 0 aliphatic carbocycles. The highest BCUT2D eigenvalue weighted by Crippen LogP contribution is 2.27. The number of unbranched alkanes of at least 4 members (excludes halogenated alkanes) is 1. The Balaban J connectivity index is 1.28. The molecule has 0 saturated carbocycles. The lowest BCUT2D eigenvalue weighted by Gasteiger charge is -2.30. The molecule has 1 amide bonds. The molecule has 25 heavy (non-hydrogen) atoms. The highest BCUT2D eigenvalue weighted by molar-refractivity contribution is 5.90. The fourth-order valence-corrected chi connectivity index (χ4v) is 3.77. The molecule has 2 aromatic carbocycles. The minimum Gasteiger partial charge on any atom is -0.444 e. The van der Waals surface area contributed by atoms with Gasteiger partial charge < -0.3 is 4.74 Å². The molecule has 0 atom stereocenters. The second-order valence-electron chi connectivity index (χ2n) is 6.84. The number of hydrogen-bond acceptors (Lipinski definition) is 3. The highest BCUT2D eigenvalue weighted by Gasteiger charge is 2.24. The maximum Gasteiger partial charge on any atom is 0.414 e. The van der Waals surface area contributed by atoms with Crippen molar-refractivity contribution in [3.8, 4) is 0 Å². The Hall–Kier alpha value is -2.33. The minimum atomic E-state index is -0.217. The monoisotopic (exact) mass is 336 g/mol. The van der Waals surface area contributed by atoms with Gasteiger partial charge in [0.15, 0.2) is 0 Å². The predicted molar refractivity (Wildman–Crippen MR) is 98.6 cm³/mol. The van der Waals surface area contributed by atoms with E-state index in [1.54, 1.807) is 4.90 Å². The summed E-state index contributed by atoms with van der Waals surface area (Å²) in [7, 11) is 0. The number of cyclic esters (lactones) is 1. The van der Waals surface area contributed by atoms with Crippen LogP contribution in [-0.4, -0.2) is 30.6 Å². The van der Waals surface area contributed by atoms with Gasteiger partial charge in [-0.3, -0.25) is 9.80 Å². The molecule has 0 spiro atoms. The lowest BCUT2D eigenvalue weighted by Crippen LogP contribution is -2.37. The van der Waals surface area contributed by atoms with Gasteiger partial charge in [0.05, 0.1) is 5.69 Å². The molecule has 2 aromatic rings. The molecular formula is C21H24N2O2. The normalized spacial score (nSPS) is 17.0. The smallest absolute Gasteiger partial charge is 0.414 e. The molecule has 2 aliphatic heterocycles. The van der Waals surface area contributed by atoms with Crippen molar-refractivity contribution in [1.82, 2.24) is 4.90 Å². The summed E-state index contributed by atoms with van der Waals surface area (Å²) in [4.78, 5) is 16.4. The molecule has 0 radical (unpaired) electrons. The molecule has 2 aliphatic rings. The van der Waals surface area contributed by atoms with Crippen LogP contribution in [0.25, 0.3) is 0 Å². The summed E-state index contributed by atoms with van der Waals surface area (Å²) in [5.74, 6) is 0. The van der Waals surface area contributed by atoms with Crippen LogP contribution >= 0.6 is 0 Å². The van der Waals surface area contributed by atoms with Gasteiger partial charge in [-0.25, -0.2) is 4.79 Å². The van der Waals surface area contributed by atoms with E-state index in [-0.39, 0.29) is 6.09 Å². The molecule has 0 aromatic heterocycles. The molecule has 0 N–H and O–H groups in total. The number of para-hydroxylation sites is 1. The van der Waals surface area contributed by atoms with Crippen molar-refractivity contribution >= 4 is 11.8 Å². The SMILES string of the molecule is O=C1OCc2ccccc2N1CCCCN1CCc2ccccc2C1. The van der Waals surface area contributed by atoms with Gasteiger partial charge in [0.1, 0.15) is 6.61 Å². The summed E-state index contributed by atoms with van der Waals surface area (Å²) < 4.78 is 5.28. The molecule has 4 rings (SSSR count). The van der Waals surface area contributed by atoms with Crippen LogP contribution in [0, 0.1) is 0 Å². The molecule has 0 unspecified atom stereocenters. The van der Waals surface area contributed by atoms with Gasteiger partial charge in [-0.2, -0.15) is 0 Å².